The molecule has 0 aliphatic rings. The SMILES string of the molecule is Cc1ccc(Oc2c(C(F)(F)F)oc3c(CN(CC(C)C)CC(C)C)c(OC(=O)/C=C/c4ccc(Cl)cc4)ccc3c2=O)cc1C. The van der Waals surface area contributed by atoms with Gasteiger partial charge in [-0.2, -0.15) is 13.2 Å². The van der Waals surface area contributed by atoms with Crippen LogP contribution in [0.2, 0.25) is 5.02 Å². The highest BCUT2D eigenvalue weighted by molar-refractivity contribution is 6.30. The average molecular weight is 656 g/mol. The van der Waals surface area contributed by atoms with Gasteiger partial charge in [0.05, 0.1) is 10.9 Å². The van der Waals surface area contributed by atoms with Crippen molar-refractivity contribution >= 4 is 34.6 Å². The molecule has 0 fully saturated rings. The highest BCUT2D eigenvalue weighted by Crippen LogP contribution is 2.40. The first-order valence-electron chi connectivity index (χ1n) is 14.9. The van der Waals surface area contributed by atoms with Gasteiger partial charge in [-0.15, -0.1) is 0 Å². The molecule has 0 aliphatic carbocycles. The Kier molecular flexibility index (Phi) is 11.0. The topological polar surface area (TPSA) is 69.0 Å². The van der Waals surface area contributed by atoms with Crippen molar-refractivity contribution in [1.29, 1.82) is 0 Å². The van der Waals surface area contributed by atoms with Crippen LogP contribution in [0.15, 0.2) is 69.9 Å². The minimum absolute atomic E-state index is 0.0186. The van der Waals surface area contributed by atoms with Crippen molar-refractivity contribution in [3.63, 3.8) is 0 Å². The molecule has 0 unspecified atom stereocenters. The lowest BCUT2D eigenvalue weighted by Gasteiger charge is -2.27. The molecular formula is C36H37ClF3NO5. The number of esters is 1. The van der Waals surface area contributed by atoms with Crippen molar-refractivity contribution in [2.75, 3.05) is 13.1 Å². The van der Waals surface area contributed by atoms with Crippen LogP contribution in [0.1, 0.15) is 55.7 Å². The highest BCUT2D eigenvalue weighted by Gasteiger charge is 2.41. The van der Waals surface area contributed by atoms with Crippen molar-refractivity contribution in [2.24, 2.45) is 11.8 Å². The maximum absolute atomic E-state index is 14.5. The van der Waals surface area contributed by atoms with E-state index < -0.39 is 29.1 Å². The monoisotopic (exact) mass is 655 g/mol. The van der Waals surface area contributed by atoms with Crippen molar-refractivity contribution < 1.29 is 31.9 Å². The molecule has 244 valence electrons. The summed E-state index contributed by atoms with van der Waals surface area (Å²) in [5.41, 5.74) is 1.22. The van der Waals surface area contributed by atoms with E-state index in [4.69, 9.17) is 25.5 Å². The molecule has 0 saturated carbocycles. The summed E-state index contributed by atoms with van der Waals surface area (Å²) in [7, 11) is 0. The molecule has 0 atom stereocenters. The van der Waals surface area contributed by atoms with Crippen LogP contribution in [0.5, 0.6) is 17.2 Å². The maximum atomic E-state index is 14.5. The van der Waals surface area contributed by atoms with Gasteiger partial charge >= 0.3 is 12.1 Å². The van der Waals surface area contributed by atoms with E-state index in [0.717, 1.165) is 11.1 Å². The van der Waals surface area contributed by atoms with E-state index in [1.165, 1.54) is 30.4 Å². The van der Waals surface area contributed by atoms with Crippen molar-refractivity contribution in [2.45, 2.75) is 54.3 Å². The normalized spacial score (nSPS) is 12.2. The molecule has 0 saturated heterocycles. The number of carbonyl (C=O) groups is 1. The minimum Gasteiger partial charge on any atom is -0.449 e. The van der Waals surface area contributed by atoms with Gasteiger partial charge in [0.15, 0.2) is 0 Å². The van der Waals surface area contributed by atoms with Gasteiger partial charge < -0.3 is 13.9 Å². The van der Waals surface area contributed by atoms with E-state index in [2.05, 4.69) is 0 Å². The second-order valence-electron chi connectivity index (χ2n) is 12.1. The molecule has 1 aromatic heterocycles. The predicted octanol–water partition coefficient (Wildman–Crippen LogP) is 9.61. The van der Waals surface area contributed by atoms with E-state index in [1.807, 2.05) is 39.5 Å². The van der Waals surface area contributed by atoms with Gasteiger partial charge in [-0.1, -0.05) is 57.5 Å². The summed E-state index contributed by atoms with van der Waals surface area (Å²) in [6.45, 7) is 13.0. The predicted molar refractivity (Wildman–Crippen MR) is 175 cm³/mol. The molecule has 4 aromatic rings. The third-order valence-corrected chi connectivity index (χ3v) is 7.41. The molecule has 46 heavy (non-hydrogen) atoms. The Morgan fingerprint density at radius 3 is 2.20 bits per heavy atom. The van der Waals surface area contributed by atoms with Crippen LogP contribution in [-0.2, 0) is 17.5 Å². The lowest BCUT2D eigenvalue weighted by Crippen LogP contribution is -2.31. The number of hydrogen-bond donors (Lipinski definition) is 0. The van der Waals surface area contributed by atoms with Gasteiger partial charge in [0, 0.05) is 30.7 Å². The molecule has 4 rings (SSSR count). The van der Waals surface area contributed by atoms with Crippen molar-refractivity contribution in [3.05, 3.63) is 104 Å². The average Bonchev–Trinajstić information content (AvgIpc) is 2.96. The summed E-state index contributed by atoms with van der Waals surface area (Å²) in [6.07, 6.45) is -2.33. The smallest absolute Gasteiger partial charge is 0.449 e. The zero-order valence-electron chi connectivity index (χ0n) is 26.6. The van der Waals surface area contributed by atoms with Crippen LogP contribution >= 0.6 is 11.6 Å². The molecule has 0 amide bonds. The fourth-order valence-electron chi connectivity index (χ4n) is 5.04. The number of alkyl halides is 3. The number of hydrogen-bond acceptors (Lipinski definition) is 6. The Balaban J connectivity index is 1.87. The molecule has 0 aliphatic heterocycles. The Labute approximate surface area is 271 Å². The molecule has 6 nitrogen and oxygen atoms in total. The zero-order chi connectivity index (χ0) is 33.8. The molecule has 0 radical (unpaired) electrons. The first-order valence-corrected chi connectivity index (χ1v) is 15.3. The lowest BCUT2D eigenvalue weighted by molar-refractivity contribution is -0.154. The second kappa shape index (κ2) is 14.6. The zero-order valence-corrected chi connectivity index (χ0v) is 27.4. The van der Waals surface area contributed by atoms with Crippen LogP contribution in [0.4, 0.5) is 13.2 Å². The quantitative estimate of drug-likeness (QED) is 0.0911. The molecule has 1 heterocycles. The van der Waals surface area contributed by atoms with Gasteiger partial charge in [0.1, 0.15) is 17.1 Å². The summed E-state index contributed by atoms with van der Waals surface area (Å²) in [6, 6.07) is 14.2. The first kappa shape index (κ1) is 34.8. The summed E-state index contributed by atoms with van der Waals surface area (Å²) in [5.74, 6) is -2.81. The second-order valence-corrected chi connectivity index (χ2v) is 12.6. The van der Waals surface area contributed by atoms with E-state index >= 15 is 0 Å². The summed E-state index contributed by atoms with van der Waals surface area (Å²) in [4.78, 5) is 28.7. The number of halogens is 4. The van der Waals surface area contributed by atoms with E-state index in [1.54, 1.807) is 43.3 Å². The van der Waals surface area contributed by atoms with Gasteiger partial charge in [-0.25, -0.2) is 4.79 Å². The Morgan fingerprint density at radius 1 is 0.957 bits per heavy atom. The van der Waals surface area contributed by atoms with Crippen LogP contribution in [-0.4, -0.2) is 24.0 Å². The van der Waals surface area contributed by atoms with Gasteiger partial charge in [-0.3, -0.25) is 9.69 Å². The van der Waals surface area contributed by atoms with Crippen molar-refractivity contribution in [1.82, 2.24) is 4.90 Å². The first-order chi connectivity index (χ1) is 21.6. The highest BCUT2D eigenvalue weighted by atomic mass is 35.5. The summed E-state index contributed by atoms with van der Waals surface area (Å²) >= 11 is 5.93. The third kappa shape index (κ3) is 8.79. The molecule has 0 spiro atoms. The lowest BCUT2D eigenvalue weighted by atomic mass is 10.1. The fourth-order valence-corrected chi connectivity index (χ4v) is 5.17. The molecular weight excluding hydrogens is 619 g/mol. The Hall–Kier alpha value is -4.08. The van der Waals surface area contributed by atoms with Crippen LogP contribution < -0.4 is 14.9 Å². The number of aryl methyl sites for hydroxylation is 2. The number of carbonyl (C=O) groups excluding carboxylic acids is 1. The molecule has 10 heteroatoms. The van der Waals surface area contributed by atoms with E-state index in [9.17, 15) is 22.8 Å². The molecule has 0 N–H and O–H groups in total. The van der Waals surface area contributed by atoms with E-state index in [-0.39, 0.29) is 46.4 Å². The summed E-state index contributed by atoms with van der Waals surface area (Å²) < 4.78 is 60.4. The molecule has 0 bridgehead atoms. The fraction of sp³-hybridized carbons (Fsp3) is 0.333. The van der Waals surface area contributed by atoms with E-state index in [0.29, 0.717) is 23.7 Å². The maximum Gasteiger partial charge on any atom is 0.453 e. The van der Waals surface area contributed by atoms with Gasteiger partial charge in [0.2, 0.25) is 11.2 Å². The summed E-state index contributed by atoms with van der Waals surface area (Å²) in [5, 5.41) is 0.405. The number of nitrogens with zero attached hydrogens (tertiary/aromatic N) is 1. The standard InChI is InChI=1S/C36H37ClF3NO5/c1-21(2)18-41(19-22(3)4)20-29-30(45-31(42)16-10-25-8-11-26(37)12-9-25)15-14-28-32(43)34(35(36(38,39)40)46-33(28)29)44-27-13-7-23(5)24(6)17-27/h7-17,21-22H,18-20H2,1-6H3/b16-10+. The molecule has 3 aromatic carbocycles. The minimum atomic E-state index is -5.07. The largest absolute Gasteiger partial charge is 0.453 e. The van der Waals surface area contributed by atoms with Gasteiger partial charge in [-0.05, 0) is 84.8 Å². The number of fused-ring (bicyclic) bond motifs is 1. The Bertz CT molecular complexity index is 1780. The van der Waals surface area contributed by atoms with Gasteiger partial charge in [0.25, 0.3) is 5.76 Å². The third-order valence-electron chi connectivity index (χ3n) is 7.16. The van der Waals surface area contributed by atoms with Crippen LogP contribution in [0.25, 0.3) is 17.0 Å². The number of rotatable bonds is 11. The number of ether oxygens (including phenoxy) is 2. The van der Waals surface area contributed by atoms with Crippen molar-refractivity contribution in [3.8, 4) is 17.2 Å². The Morgan fingerprint density at radius 2 is 1.61 bits per heavy atom. The number of benzene rings is 3. The van der Waals surface area contributed by atoms with Crippen LogP contribution in [0.3, 0.4) is 0 Å². The van der Waals surface area contributed by atoms with Crippen LogP contribution in [0, 0.1) is 25.7 Å².